The second kappa shape index (κ2) is 9.47. The molecule has 11 heteroatoms. The van der Waals surface area contributed by atoms with Crippen molar-refractivity contribution in [2.24, 2.45) is 5.92 Å². The van der Waals surface area contributed by atoms with Crippen molar-refractivity contribution in [3.8, 4) is 0 Å². The molecule has 0 spiro atoms. The first-order chi connectivity index (χ1) is 13.5. The summed E-state index contributed by atoms with van der Waals surface area (Å²) in [7, 11) is 0. The standard InChI is InChI=1S/C17H19ClN6O3S/c18-12-1-3-13(4-2-12)21-14(25)9-19-17(27)24-7-5-11(6-8-24)15(26)22-16-23-20-10-28-16/h1-4,10-11H,5-9H2,(H,19,27)(H,21,25)(H,22,23,26). The molecule has 148 valence electrons. The van der Waals surface area contributed by atoms with Crippen molar-refractivity contribution in [3.05, 3.63) is 34.8 Å². The van der Waals surface area contributed by atoms with Crippen molar-refractivity contribution in [1.29, 1.82) is 0 Å². The summed E-state index contributed by atoms with van der Waals surface area (Å²) in [4.78, 5) is 38.0. The smallest absolute Gasteiger partial charge is 0.317 e. The van der Waals surface area contributed by atoms with Gasteiger partial charge in [-0.05, 0) is 37.1 Å². The molecule has 0 atom stereocenters. The topological polar surface area (TPSA) is 116 Å². The highest BCUT2D eigenvalue weighted by molar-refractivity contribution is 7.13. The van der Waals surface area contributed by atoms with Gasteiger partial charge in [0, 0.05) is 29.7 Å². The third kappa shape index (κ3) is 5.64. The van der Waals surface area contributed by atoms with Crippen LogP contribution < -0.4 is 16.0 Å². The largest absolute Gasteiger partial charge is 0.329 e. The van der Waals surface area contributed by atoms with E-state index in [2.05, 4.69) is 26.1 Å². The first-order valence-electron chi connectivity index (χ1n) is 8.66. The molecule has 2 heterocycles. The highest BCUT2D eigenvalue weighted by Gasteiger charge is 2.27. The van der Waals surface area contributed by atoms with E-state index >= 15 is 0 Å². The van der Waals surface area contributed by atoms with Gasteiger partial charge in [0.15, 0.2) is 0 Å². The predicted octanol–water partition coefficient (Wildman–Crippen LogP) is 2.19. The van der Waals surface area contributed by atoms with E-state index < -0.39 is 0 Å². The lowest BCUT2D eigenvalue weighted by molar-refractivity contribution is -0.121. The van der Waals surface area contributed by atoms with Gasteiger partial charge in [-0.2, -0.15) is 0 Å². The molecule has 1 aromatic heterocycles. The van der Waals surface area contributed by atoms with Crippen LogP contribution >= 0.6 is 22.9 Å². The second-order valence-electron chi connectivity index (χ2n) is 6.21. The van der Waals surface area contributed by atoms with Crippen molar-refractivity contribution in [2.75, 3.05) is 30.3 Å². The highest BCUT2D eigenvalue weighted by atomic mass is 35.5. The van der Waals surface area contributed by atoms with Crippen LogP contribution in [-0.4, -0.2) is 52.6 Å². The summed E-state index contributed by atoms with van der Waals surface area (Å²) in [6.07, 6.45) is 1.10. The number of halogens is 1. The van der Waals surface area contributed by atoms with Crippen molar-refractivity contribution in [1.82, 2.24) is 20.4 Å². The predicted molar refractivity (Wildman–Crippen MR) is 106 cm³/mol. The lowest BCUT2D eigenvalue weighted by atomic mass is 9.96. The zero-order valence-corrected chi connectivity index (χ0v) is 16.4. The third-order valence-corrected chi connectivity index (χ3v) is 5.13. The van der Waals surface area contributed by atoms with E-state index in [0.29, 0.717) is 41.8 Å². The van der Waals surface area contributed by atoms with E-state index in [1.54, 1.807) is 34.7 Å². The van der Waals surface area contributed by atoms with E-state index in [-0.39, 0.29) is 30.3 Å². The van der Waals surface area contributed by atoms with Gasteiger partial charge in [-0.15, -0.1) is 10.2 Å². The number of urea groups is 1. The van der Waals surface area contributed by atoms with Gasteiger partial charge >= 0.3 is 6.03 Å². The Bertz CT molecular complexity index is 822. The quantitative estimate of drug-likeness (QED) is 0.682. The van der Waals surface area contributed by atoms with Crippen molar-refractivity contribution >= 4 is 51.6 Å². The molecule has 28 heavy (non-hydrogen) atoms. The summed E-state index contributed by atoms with van der Waals surface area (Å²) in [5.74, 6) is -0.623. The van der Waals surface area contributed by atoms with Gasteiger partial charge in [0.05, 0.1) is 6.54 Å². The fourth-order valence-electron chi connectivity index (χ4n) is 2.79. The number of piperidine rings is 1. The summed E-state index contributed by atoms with van der Waals surface area (Å²) in [5.41, 5.74) is 2.15. The van der Waals surface area contributed by atoms with Crippen LogP contribution in [0.15, 0.2) is 29.8 Å². The lowest BCUT2D eigenvalue weighted by Gasteiger charge is -2.31. The Morgan fingerprint density at radius 1 is 1.14 bits per heavy atom. The molecule has 1 aliphatic rings. The molecule has 1 fully saturated rings. The molecular weight excluding hydrogens is 404 g/mol. The number of aromatic nitrogens is 2. The fraction of sp³-hybridized carbons (Fsp3) is 0.353. The molecule has 0 radical (unpaired) electrons. The highest BCUT2D eigenvalue weighted by Crippen LogP contribution is 2.20. The second-order valence-corrected chi connectivity index (χ2v) is 7.48. The number of hydrogen-bond acceptors (Lipinski definition) is 6. The van der Waals surface area contributed by atoms with E-state index in [9.17, 15) is 14.4 Å². The van der Waals surface area contributed by atoms with Crippen LogP contribution in [0.5, 0.6) is 0 Å². The number of nitrogens with zero attached hydrogens (tertiary/aromatic N) is 3. The Balaban J connectivity index is 1.38. The van der Waals surface area contributed by atoms with E-state index in [1.165, 1.54) is 11.3 Å². The molecule has 1 aromatic carbocycles. The van der Waals surface area contributed by atoms with Crippen molar-refractivity contribution in [3.63, 3.8) is 0 Å². The molecule has 2 aromatic rings. The molecular formula is C17H19ClN6O3S. The van der Waals surface area contributed by atoms with Gasteiger partial charge in [-0.3, -0.25) is 9.59 Å². The van der Waals surface area contributed by atoms with E-state index in [0.717, 1.165) is 0 Å². The molecule has 1 aliphatic heterocycles. The molecule has 0 unspecified atom stereocenters. The zero-order valence-electron chi connectivity index (χ0n) is 14.9. The number of carbonyl (C=O) groups excluding carboxylic acids is 3. The van der Waals surface area contributed by atoms with E-state index in [1.807, 2.05) is 0 Å². The minimum Gasteiger partial charge on any atom is -0.329 e. The molecule has 3 N–H and O–H groups in total. The molecule has 0 aliphatic carbocycles. The first kappa shape index (κ1) is 20.0. The van der Waals surface area contributed by atoms with Crippen LogP contribution in [0.4, 0.5) is 15.6 Å². The molecule has 0 bridgehead atoms. The lowest BCUT2D eigenvalue weighted by Crippen LogP contribution is -2.47. The molecule has 9 nitrogen and oxygen atoms in total. The monoisotopic (exact) mass is 422 g/mol. The molecule has 0 saturated carbocycles. The number of nitrogens with one attached hydrogen (secondary N) is 3. The fourth-order valence-corrected chi connectivity index (χ4v) is 3.36. The number of benzene rings is 1. The van der Waals surface area contributed by atoms with Crippen LogP contribution in [0.3, 0.4) is 0 Å². The summed E-state index contributed by atoms with van der Waals surface area (Å²) < 4.78 is 0. The minimum atomic E-state index is -0.331. The Kier molecular flexibility index (Phi) is 6.77. The van der Waals surface area contributed by atoms with Gasteiger partial charge in [-0.1, -0.05) is 22.9 Å². The van der Waals surface area contributed by atoms with Gasteiger partial charge < -0.3 is 20.9 Å². The molecule has 3 rings (SSSR count). The van der Waals surface area contributed by atoms with Crippen LogP contribution in [0.25, 0.3) is 0 Å². The molecule has 1 saturated heterocycles. The maximum atomic E-state index is 12.2. The van der Waals surface area contributed by atoms with Crippen LogP contribution in [0.2, 0.25) is 5.02 Å². The average molecular weight is 423 g/mol. The number of carbonyl (C=O) groups is 3. The Labute approximate surface area is 170 Å². The van der Waals surface area contributed by atoms with E-state index in [4.69, 9.17) is 11.6 Å². The Morgan fingerprint density at radius 2 is 1.86 bits per heavy atom. The normalized spacial score (nSPS) is 14.4. The Morgan fingerprint density at radius 3 is 2.50 bits per heavy atom. The van der Waals surface area contributed by atoms with Crippen molar-refractivity contribution < 1.29 is 14.4 Å². The number of hydrogen-bond donors (Lipinski definition) is 3. The van der Waals surface area contributed by atoms with Crippen LogP contribution in [-0.2, 0) is 9.59 Å². The SMILES string of the molecule is O=C(CNC(=O)N1CCC(C(=O)Nc2nncs2)CC1)Nc1ccc(Cl)cc1. The summed E-state index contributed by atoms with van der Waals surface area (Å²) in [5, 5.41) is 16.5. The summed E-state index contributed by atoms with van der Waals surface area (Å²) in [6.45, 7) is 0.747. The summed E-state index contributed by atoms with van der Waals surface area (Å²) >= 11 is 7.05. The van der Waals surface area contributed by atoms with Gasteiger partial charge in [0.25, 0.3) is 0 Å². The van der Waals surface area contributed by atoms with Crippen LogP contribution in [0, 0.1) is 5.92 Å². The minimum absolute atomic E-state index is 0.112. The molecule has 4 amide bonds. The zero-order chi connectivity index (χ0) is 19.9. The number of anilines is 2. The number of amides is 4. The Hall–Kier alpha value is -2.72. The van der Waals surface area contributed by atoms with Crippen LogP contribution in [0.1, 0.15) is 12.8 Å². The first-order valence-corrected chi connectivity index (χ1v) is 9.92. The van der Waals surface area contributed by atoms with Gasteiger partial charge in [-0.25, -0.2) is 4.79 Å². The third-order valence-electron chi connectivity index (χ3n) is 4.27. The average Bonchev–Trinajstić information content (AvgIpc) is 3.21. The summed E-state index contributed by atoms with van der Waals surface area (Å²) in [6, 6.07) is 6.37. The van der Waals surface area contributed by atoms with Gasteiger partial charge in [0.1, 0.15) is 5.51 Å². The maximum Gasteiger partial charge on any atom is 0.317 e. The number of likely N-dealkylation sites (tertiary alicyclic amines) is 1. The maximum absolute atomic E-state index is 12.2. The van der Waals surface area contributed by atoms with Gasteiger partial charge in [0.2, 0.25) is 16.9 Å². The van der Waals surface area contributed by atoms with Crippen molar-refractivity contribution in [2.45, 2.75) is 12.8 Å². The number of rotatable bonds is 5.